The van der Waals surface area contributed by atoms with Gasteiger partial charge in [0, 0.05) is 41.0 Å². The number of carbonyl (C=O) groups excluding carboxylic acids is 2. The molecule has 3 heterocycles. The van der Waals surface area contributed by atoms with Gasteiger partial charge < -0.3 is 11.1 Å². The number of rotatable bonds is 5. The number of pyridine rings is 2. The Morgan fingerprint density at radius 2 is 1.77 bits per heavy atom. The van der Waals surface area contributed by atoms with Crippen LogP contribution in [0.25, 0.3) is 28.2 Å². The summed E-state index contributed by atoms with van der Waals surface area (Å²) in [5, 5.41) is 7.62. The Labute approximate surface area is 227 Å². The third-order valence-corrected chi connectivity index (χ3v) is 6.93. The lowest BCUT2D eigenvalue weighted by atomic mass is 9.88. The number of anilines is 1. The topological polar surface area (TPSA) is 116 Å². The van der Waals surface area contributed by atoms with Crippen molar-refractivity contribution < 1.29 is 14.0 Å². The van der Waals surface area contributed by atoms with E-state index in [1.807, 2.05) is 18.2 Å². The minimum absolute atomic E-state index is 0.168. The lowest BCUT2D eigenvalue weighted by molar-refractivity contribution is 0.0992. The van der Waals surface area contributed by atoms with Crippen molar-refractivity contribution >= 4 is 29.1 Å². The molecule has 39 heavy (non-hydrogen) atoms. The van der Waals surface area contributed by atoms with Gasteiger partial charge in [-0.15, -0.1) is 0 Å². The summed E-state index contributed by atoms with van der Waals surface area (Å²) < 4.78 is 15.2. The van der Waals surface area contributed by atoms with Crippen LogP contribution in [-0.2, 0) is 12.8 Å². The third-order valence-electron chi connectivity index (χ3n) is 6.63. The van der Waals surface area contributed by atoms with E-state index in [1.54, 1.807) is 47.4 Å². The fourth-order valence-corrected chi connectivity index (χ4v) is 4.96. The largest absolute Gasteiger partial charge is 0.364 e. The molecule has 3 aromatic heterocycles. The Hall–Kier alpha value is -4.89. The van der Waals surface area contributed by atoms with E-state index in [0.29, 0.717) is 41.2 Å². The van der Waals surface area contributed by atoms with Crippen molar-refractivity contribution in [1.82, 2.24) is 19.7 Å². The van der Waals surface area contributed by atoms with E-state index in [-0.39, 0.29) is 22.1 Å². The molecule has 0 fully saturated rings. The van der Waals surface area contributed by atoms with Crippen molar-refractivity contribution in [1.29, 1.82) is 0 Å². The van der Waals surface area contributed by atoms with Crippen LogP contribution < -0.4 is 11.1 Å². The molecule has 6 rings (SSSR count). The summed E-state index contributed by atoms with van der Waals surface area (Å²) in [5.41, 5.74) is 11.8. The summed E-state index contributed by atoms with van der Waals surface area (Å²) >= 11 is 6.34. The van der Waals surface area contributed by atoms with Gasteiger partial charge in [0.25, 0.3) is 11.8 Å². The molecule has 2 aromatic carbocycles. The monoisotopic (exact) mass is 538 g/mol. The number of halogens is 2. The normalized spacial score (nSPS) is 11.9. The second kappa shape index (κ2) is 9.77. The number of aryl methyl sites for hydroxylation is 1. The molecule has 1 aliphatic carbocycles. The predicted molar refractivity (Wildman–Crippen MR) is 145 cm³/mol. The van der Waals surface area contributed by atoms with Crippen LogP contribution in [0.15, 0.2) is 79.3 Å². The fourth-order valence-electron chi connectivity index (χ4n) is 4.77. The molecule has 10 heteroatoms. The van der Waals surface area contributed by atoms with Crippen molar-refractivity contribution in [2.24, 2.45) is 5.73 Å². The van der Waals surface area contributed by atoms with Gasteiger partial charge in [-0.3, -0.25) is 19.6 Å². The summed E-state index contributed by atoms with van der Waals surface area (Å²) in [5.74, 6) is -1.43. The Bertz CT molecular complexity index is 1750. The molecule has 0 radical (unpaired) electrons. The summed E-state index contributed by atoms with van der Waals surface area (Å²) in [4.78, 5) is 33.9. The first-order valence-corrected chi connectivity index (χ1v) is 12.4. The molecule has 2 amide bonds. The molecule has 0 bridgehead atoms. The van der Waals surface area contributed by atoms with E-state index < -0.39 is 11.8 Å². The zero-order valence-corrected chi connectivity index (χ0v) is 21.1. The summed E-state index contributed by atoms with van der Waals surface area (Å²) in [7, 11) is 0. The van der Waals surface area contributed by atoms with Crippen LogP contribution in [0.3, 0.4) is 0 Å². The predicted octanol–water partition coefficient (Wildman–Crippen LogP) is 5.24. The zero-order valence-electron chi connectivity index (χ0n) is 20.4. The Balaban J connectivity index is 1.39. The summed E-state index contributed by atoms with van der Waals surface area (Å²) in [6.45, 7) is 0. The number of nitrogens with two attached hydrogens (primary N) is 1. The number of benzene rings is 2. The van der Waals surface area contributed by atoms with Gasteiger partial charge in [0.15, 0.2) is 5.69 Å². The average molecular weight is 539 g/mol. The van der Waals surface area contributed by atoms with E-state index >= 15 is 0 Å². The molecular formula is C29H20ClFN6O2. The standard InChI is InChI=1S/C29H20ClFN6O2/c30-24-15-34-25(17-9-11-33-12-10-17)14-23(24)29(39)35-19-5-1-16-2-8-21-26(28(32)38)36-37(27(21)22(16)13-19)20-6-3-18(31)4-7-20/h1,3-7,9-15H,2,8H2,(H2,32,38)(H,35,39). The number of hydrogen-bond acceptors (Lipinski definition) is 5. The molecule has 0 atom stereocenters. The minimum atomic E-state index is -0.641. The van der Waals surface area contributed by atoms with Gasteiger partial charge in [-0.05, 0) is 73.0 Å². The molecule has 192 valence electrons. The van der Waals surface area contributed by atoms with Crippen molar-refractivity contribution in [3.63, 3.8) is 0 Å². The SMILES string of the molecule is NC(=O)c1nn(-c2ccc(F)cc2)c2c1CCc1ccc(NC(=O)c3cc(-c4ccncc4)ncc3Cl)cc1-2. The van der Waals surface area contributed by atoms with Gasteiger partial charge in [-0.2, -0.15) is 5.10 Å². The number of aromatic nitrogens is 4. The molecule has 0 saturated heterocycles. The number of hydrogen-bond donors (Lipinski definition) is 2. The smallest absolute Gasteiger partial charge is 0.269 e. The van der Waals surface area contributed by atoms with Crippen LogP contribution >= 0.6 is 11.6 Å². The van der Waals surface area contributed by atoms with E-state index in [2.05, 4.69) is 20.4 Å². The Morgan fingerprint density at radius 3 is 2.51 bits per heavy atom. The van der Waals surface area contributed by atoms with Gasteiger partial charge in [0.2, 0.25) is 0 Å². The lowest BCUT2D eigenvalue weighted by Crippen LogP contribution is -2.16. The molecule has 3 N–H and O–H groups in total. The van der Waals surface area contributed by atoms with Gasteiger partial charge in [-0.25, -0.2) is 9.07 Å². The van der Waals surface area contributed by atoms with Crippen molar-refractivity contribution in [3.05, 3.63) is 112 Å². The molecule has 0 spiro atoms. The van der Waals surface area contributed by atoms with Crippen molar-refractivity contribution in [2.45, 2.75) is 12.8 Å². The first-order valence-electron chi connectivity index (χ1n) is 12.1. The highest BCUT2D eigenvalue weighted by atomic mass is 35.5. The number of primary amides is 1. The fraction of sp³-hybridized carbons (Fsp3) is 0.0690. The van der Waals surface area contributed by atoms with Gasteiger partial charge >= 0.3 is 0 Å². The molecule has 1 aliphatic rings. The third kappa shape index (κ3) is 4.53. The molecular weight excluding hydrogens is 519 g/mol. The highest BCUT2D eigenvalue weighted by Gasteiger charge is 2.28. The van der Waals surface area contributed by atoms with E-state index in [4.69, 9.17) is 17.3 Å². The molecule has 0 saturated carbocycles. The Kier molecular flexibility index (Phi) is 6.12. The highest BCUT2D eigenvalue weighted by molar-refractivity contribution is 6.34. The zero-order chi connectivity index (χ0) is 27.1. The first-order chi connectivity index (χ1) is 18.9. The number of nitrogens with zero attached hydrogens (tertiary/aromatic N) is 4. The number of amides is 2. The number of fused-ring (bicyclic) bond motifs is 3. The van der Waals surface area contributed by atoms with Crippen molar-refractivity contribution in [2.75, 3.05) is 5.32 Å². The molecule has 0 aliphatic heterocycles. The molecule has 0 unspecified atom stereocenters. The summed E-state index contributed by atoms with van der Waals surface area (Å²) in [6.07, 6.45) is 5.97. The second-order valence-electron chi connectivity index (χ2n) is 9.04. The maximum Gasteiger partial charge on any atom is 0.269 e. The van der Waals surface area contributed by atoms with Gasteiger partial charge in [0.1, 0.15) is 5.82 Å². The van der Waals surface area contributed by atoms with Crippen LogP contribution in [0.1, 0.15) is 32.0 Å². The highest BCUT2D eigenvalue weighted by Crippen LogP contribution is 2.38. The summed E-state index contributed by atoms with van der Waals surface area (Å²) in [6, 6.07) is 16.6. The van der Waals surface area contributed by atoms with Crippen LogP contribution in [0.2, 0.25) is 5.02 Å². The van der Waals surface area contributed by atoms with E-state index in [0.717, 1.165) is 16.7 Å². The average Bonchev–Trinajstić information content (AvgIpc) is 3.35. The lowest BCUT2D eigenvalue weighted by Gasteiger charge is -2.20. The van der Waals surface area contributed by atoms with Crippen LogP contribution in [0, 0.1) is 5.82 Å². The maximum atomic E-state index is 13.6. The molecule has 8 nitrogen and oxygen atoms in total. The quantitative estimate of drug-likeness (QED) is 0.317. The van der Waals surface area contributed by atoms with E-state index in [9.17, 15) is 14.0 Å². The second-order valence-corrected chi connectivity index (χ2v) is 9.45. The van der Waals surface area contributed by atoms with Gasteiger partial charge in [-0.1, -0.05) is 17.7 Å². The number of nitrogens with one attached hydrogen (secondary N) is 1. The van der Waals surface area contributed by atoms with Crippen LogP contribution in [0.5, 0.6) is 0 Å². The van der Waals surface area contributed by atoms with Crippen LogP contribution in [-0.4, -0.2) is 31.6 Å². The van der Waals surface area contributed by atoms with E-state index in [1.165, 1.54) is 18.3 Å². The Morgan fingerprint density at radius 1 is 1.00 bits per heavy atom. The minimum Gasteiger partial charge on any atom is -0.364 e. The van der Waals surface area contributed by atoms with Gasteiger partial charge in [0.05, 0.1) is 27.7 Å². The first kappa shape index (κ1) is 24.4. The number of carbonyl (C=O) groups is 2. The molecule has 5 aromatic rings. The van der Waals surface area contributed by atoms with Crippen LogP contribution in [0.4, 0.5) is 10.1 Å². The maximum absolute atomic E-state index is 13.6. The van der Waals surface area contributed by atoms with Crippen molar-refractivity contribution in [3.8, 4) is 28.2 Å².